The number of amides is 1. The third-order valence-corrected chi connectivity index (χ3v) is 4.94. The Kier molecular flexibility index (Phi) is 5.43. The number of rotatable bonds is 5. The van der Waals surface area contributed by atoms with Crippen molar-refractivity contribution < 1.29 is 13.6 Å². The van der Waals surface area contributed by atoms with Crippen molar-refractivity contribution in [2.45, 2.75) is 18.8 Å². The van der Waals surface area contributed by atoms with Gasteiger partial charge in [-0.2, -0.15) is 0 Å². The van der Waals surface area contributed by atoms with Gasteiger partial charge in [-0.05, 0) is 48.2 Å². The molecule has 2 atom stereocenters. The lowest BCUT2D eigenvalue weighted by atomic mass is 9.79. The molecule has 1 aliphatic heterocycles. The maximum atomic E-state index is 14.1. The van der Waals surface area contributed by atoms with E-state index in [9.17, 15) is 13.6 Å². The monoisotopic (exact) mass is 344 g/mol. The van der Waals surface area contributed by atoms with Crippen molar-refractivity contribution in [1.29, 1.82) is 0 Å². The summed E-state index contributed by atoms with van der Waals surface area (Å²) < 4.78 is 27.6. The van der Waals surface area contributed by atoms with Crippen LogP contribution in [0.15, 0.2) is 48.5 Å². The van der Waals surface area contributed by atoms with Crippen LogP contribution in [0.5, 0.6) is 0 Å². The molecular formula is C20H22F2N2O. The van der Waals surface area contributed by atoms with Crippen molar-refractivity contribution in [1.82, 2.24) is 4.90 Å². The number of carbonyl (C=O) groups excluding carboxylic acids is 1. The quantitative estimate of drug-likeness (QED) is 0.906. The van der Waals surface area contributed by atoms with Gasteiger partial charge in [-0.1, -0.05) is 30.3 Å². The SMILES string of the molecule is NC[C@H]1CN(CCc2ccccc2)C(=O)C[C@@H]1c1cc(F)ccc1F. The standard InChI is InChI=1S/C20H22F2N2O/c21-16-6-7-19(22)18(10-16)17-11-20(25)24(13-15(17)12-23)9-8-14-4-2-1-3-5-14/h1-7,10,15,17H,8-9,11-13,23H2/t15-,17-/m0/s1. The number of hydrogen-bond acceptors (Lipinski definition) is 2. The Labute approximate surface area is 146 Å². The van der Waals surface area contributed by atoms with Crippen LogP contribution in [0.4, 0.5) is 8.78 Å². The molecule has 2 aromatic rings. The van der Waals surface area contributed by atoms with E-state index in [1.807, 2.05) is 30.3 Å². The van der Waals surface area contributed by atoms with Crippen molar-refractivity contribution in [3.63, 3.8) is 0 Å². The van der Waals surface area contributed by atoms with Gasteiger partial charge in [0.1, 0.15) is 11.6 Å². The first-order chi connectivity index (χ1) is 12.1. The molecular weight excluding hydrogens is 322 g/mol. The first kappa shape index (κ1) is 17.5. The smallest absolute Gasteiger partial charge is 0.223 e. The molecule has 1 heterocycles. The topological polar surface area (TPSA) is 46.3 Å². The van der Waals surface area contributed by atoms with Crippen molar-refractivity contribution in [2.75, 3.05) is 19.6 Å². The summed E-state index contributed by atoms with van der Waals surface area (Å²) in [6.45, 7) is 1.41. The maximum Gasteiger partial charge on any atom is 0.223 e. The van der Waals surface area contributed by atoms with E-state index in [1.54, 1.807) is 4.90 Å². The molecule has 25 heavy (non-hydrogen) atoms. The zero-order valence-corrected chi connectivity index (χ0v) is 14.0. The Morgan fingerprint density at radius 2 is 1.88 bits per heavy atom. The van der Waals surface area contributed by atoms with Crippen molar-refractivity contribution in [3.05, 3.63) is 71.3 Å². The highest BCUT2D eigenvalue weighted by Gasteiger charge is 2.35. The highest BCUT2D eigenvalue weighted by atomic mass is 19.1. The molecule has 0 aliphatic carbocycles. The molecule has 132 valence electrons. The van der Waals surface area contributed by atoms with Crippen LogP contribution >= 0.6 is 0 Å². The van der Waals surface area contributed by atoms with E-state index in [1.165, 1.54) is 6.07 Å². The predicted octanol–water partition coefficient (Wildman–Crippen LogP) is 3.10. The largest absolute Gasteiger partial charge is 0.342 e. The van der Waals surface area contributed by atoms with Gasteiger partial charge in [0.05, 0.1) is 0 Å². The molecule has 1 saturated heterocycles. The molecule has 0 spiro atoms. The molecule has 2 aromatic carbocycles. The molecule has 0 bridgehead atoms. The minimum Gasteiger partial charge on any atom is -0.342 e. The average Bonchev–Trinajstić information content (AvgIpc) is 2.63. The Morgan fingerprint density at radius 1 is 1.12 bits per heavy atom. The molecule has 2 N–H and O–H groups in total. The minimum atomic E-state index is -0.494. The second-order valence-electron chi connectivity index (χ2n) is 6.55. The molecule has 1 aliphatic rings. The van der Waals surface area contributed by atoms with E-state index in [-0.39, 0.29) is 29.7 Å². The summed E-state index contributed by atoms with van der Waals surface area (Å²) in [6.07, 6.45) is 0.930. The summed E-state index contributed by atoms with van der Waals surface area (Å²) in [4.78, 5) is 14.3. The lowest BCUT2D eigenvalue weighted by Crippen LogP contribution is -2.46. The van der Waals surface area contributed by atoms with E-state index in [0.29, 0.717) is 19.6 Å². The summed E-state index contributed by atoms with van der Waals surface area (Å²) in [5.74, 6) is -1.46. The molecule has 3 rings (SSSR count). The first-order valence-corrected chi connectivity index (χ1v) is 8.55. The highest BCUT2D eigenvalue weighted by molar-refractivity contribution is 5.78. The van der Waals surface area contributed by atoms with Gasteiger partial charge >= 0.3 is 0 Å². The number of nitrogens with two attached hydrogens (primary N) is 1. The van der Waals surface area contributed by atoms with Crippen molar-refractivity contribution >= 4 is 5.91 Å². The number of hydrogen-bond donors (Lipinski definition) is 1. The summed E-state index contributed by atoms with van der Waals surface area (Å²) in [7, 11) is 0. The molecule has 5 heteroatoms. The van der Waals surface area contributed by atoms with Crippen LogP contribution in [0, 0.1) is 17.6 Å². The van der Waals surface area contributed by atoms with Crippen molar-refractivity contribution in [3.8, 4) is 0 Å². The zero-order chi connectivity index (χ0) is 17.8. The van der Waals surface area contributed by atoms with Gasteiger partial charge in [-0.15, -0.1) is 0 Å². The van der Waals surface area contributed by atoms with E-state index in [0.717, 1.165) is 24.1 Å². The predicted molar refractivity (Wildman–Crippen MR) is 93.0 cm³/mol. The molecule has 3 nitrogen and oxygen atoms in total. The van der Waals surface area contributed by atoms with Gasteiger partial charge in [0.15, 0.2) is 0 Å². The molecule has 1 amide bonds. The second kappa shape index (κ2) is 7.74. The Morgan fingerprint density at radius 3 is 2.60 bits per heavy atom. The molecule has 0 aromatic heterocycles. The first-order valence-electron chi connectivity index (χ1n) is 8.55. The summed E-state index contributed by atoms with van der Waals surface area (Å²) in [5, 5.41) is 0. The van der Waals surface area contributed by atoms with Crippen LogP contribution in [-0.4, -0.2) is 30.4 Å². The van der Waals surface area contributed by atoms with E-state index in [2.05, 4.69) is 0 Å². The fourth-order valence-corrected chi connectivity index (χ4v) is 3.52. The van der Waals surface area contributed by atoms with Crippen LogP contribution in [0.1, 0.15) is 23.5 Å². The number of nitrogens with zero attached hydrogens (tertiary/aromatic N) is 1. The zero-order valence-electron chi connectivity index (χ0n) is 14.0. The van der Waals surface area contributed by atoms with E-state index in [4.69, 9.17) is 5.73 Å². The molecule has 0 unspecified atom stereocenters. The highest BCUT2D eigenvalue weighted by Crippen LogP contribution is 2.35. The fraction of sp³-hybridized carbons (Fsp3) is 0.350. The maximum absolute atomic E-state index is 14.1. The third-order valence-electron chi connectivity index (χ3n) is 4.94. The number of carbonyl (C=O) groups is 1. The summed E-state index contributed by atoms with van der Waals surface area (Å²) in [6, 6.07) is 13.3. The van der Waals surface area contributed by atoms with E-state index < -0.39 is 11.6 Å². The average molecular weight is 344 g/mol. The van der Waals surface area contributed by atoms with Crippen LogP contribution < -0.4 is 5.73 Å². The number of benzene rings is 2. The number of halogens is 2. The van der Waals surface area contributed by atoms with Crippen LogP contribution in [0.2, 0.25) is 0 Å². The molecule has 0 saturated carbocycles. The Bertz CT molecular complexity index is 736. The van der Waals surface area contributed by atoms with Gasteiger partial charge in [0.25, 0.3) is 0 Å². The van der Waals surface area contributed by atoms with Gasteiger partial charge < -0.3 is 10.6 Å². The third kappa shape index (κ3) is 4.04. The van der Waals surface area contributed by atoms with Crippen LogP contribution in [0.3, 0.4) is 0 Å². The summed E-state index contributed by atoms with van der Waals surface area (Å²) >= 11 is 0. The lowest BCUT2D eigenvalue weighted by Gasteiger charge is -2.38. The normalized spacial score (nSPS) is 20.8. The van der Waals surface area contributed by atoms with Gasteiger partial charge in [-0.25, -0.2) is 8.78 Å². The molecule has 1 fully saturated rings. The van der Waals surface area contributed by atoms with Gasteiger partial charge in [0, 0.05) is 25.4 Å². The summed E-state index contributed by atoms with van der Waals surface area (Å²) in [5.41, 5.74) is 7.30. The second-order valence-corrected chi connectivity index (χ2v) is 6.55. The Balaban J connectivity index is 1.72. The van der Waals surface area contributed by atoms with E-state index >= 15 is 0 Å². The van der Waals surface area contributed by atoms with Crippen LogP contribution in [0.25, 0.3) is 0 Å². The number of piperidine rings is 1. The van der Waals surface area contributed by atoms with Crippen molar-refractivity contribution in [2.24, 2.45) is 11.7 Å². The fourth-order valence-electron chi connectivity index (χ4n) is 3.52. The molecule has 0 radical (unpaired) electrons. The van der Waals surface area contributed by atoms with Gasteiger partial charge in [0.2, 0.25) is 5.91 Å². The van der Waals surface area contributed by atoms with Crippen LogP contribution in [-0.2, 0) is 11.2 Å². The minimum absolute atomic E-state index is 0.0331. The van der Waals surface area contributed by atoms with Gasteiger partial charge in [-0.3, -0.25) is 4.79 Å². The Hall–Kier alpha value is -2.27. The lowest BCUT2D eigenvalue weighted by molar-refractivity contribution is -0.135. The number of likely N-dealkylation sites (tertiary alicyclic amines) is 1.